The first-order chi connectivity index (χ1) is 8.63. The highest BCUT2D eigenvalue weighted by molar-refractivity contribution is 5.39. The van der Waals surface area contributed by atoms with Crippen LogP contribution in [-0.2, 0) is 6.54 Å². The molecule has 0 radical (unpaired) electrons. The van der Waals surface area contributed by atoms with E-state index < -0.39 is 0 Å². The van der Waals surface area contributed by atoms with Crippen LogP contribution in [0.3, 0.4) is 0 Å². The molecule has 0 aliphatic heterocycles. The van der Waals surface area contributed by atoms with Gasteiger partial charge in [-0.2, -0.15) is 0 Å². The largest absolute Gasteiger partial charge is 0.348 e. The molecular formula is C13H22N4O. The molecule has 0 saturated heterocycles. The van der Waals surface area contributed by atoms with Gasteiger partial charge in [-0.3, -0.25) is 4.79 Å². The third-order valence-corrected chi connectivity index (χ3v) is 3.09. The highest BCUT2D eigenvalue weighted by atomic mass is 16.1. The first kappa shape index (κ1) is 13.1. The van der Waals surface area contributed by atoms with E-state index in [-0.39, 0.29) is 5.56 Å². The van der Waals surface area contributed by atoms with E-state index in [1.54, 1.807) is 17.0 Å². The molecule has 0 spiro atoms. The molecule has 18 heavy (non-hydrogen) atoms. The average Bonchev–Trinajstić information content (AvgIpc) is 3.13. The lowest BCUT2D eigenvalue weighted by atomic mass is 10.2. The van der Waals surface area contributed by atoms with Crippen molar-refractivity contribution in [3.63, 3.8) is 0 Å². The van der Waals surface area contributed by atoms with Gasteiger partial charge in [-0.15, -0.1) is 0 Å². The Morgan fingerprint density at radius 3 is 2.83 bits per heavy atom. The summed E-state index contributed by atoms with van der Waals surface area (Å²) in [6.07, 6.45) is 5.75. The van der Waals surface area contributed by atoms with Crippen molar-refractivity contribution in [2.75, 3.05) is 18.0 Å². The van der Waals surface area contributed by atoms with Crippen LogP contribution in [0.5, 0.6) is 0 Å². The van der Waals surface area contributed by atoms with Gasteiger partial charge < -0.3 is 15.2 Å². The Bertz CT molecular complexity index is 451. The second kappa shape index (κ2) is 5.52. The maximum Gasteiger partial charge on any atom is 0.293 e. The number of rotatable bonds is 6. The van der Waals surface area contributed by atoms with E-state index in [0.717, 1.165) is 19.4 Å². The number of hydrogen-bond acceptors (Lipinski definition) is 4. The molecule has 0 unspecified atom stereocenters. The van der Waals surface area contributed by atoms with Gasteiger partial charge in [0.15, 0.2) is 5.82 Å². The van der Waals surface area contributed by atoms with Crippen molar-refractivity contribution >= 4 is 5.82 Å². The molecule has 1 aromatic rings. The van der Waals surface area contributed by atoms with E-state index in [4.69, 9.17) is 5.73 Å². The molecule has 0 aromatic carbocycles. The summed E-state index contributed by atoms with van der Waals surface area (Å²) in [5, 5.41) is 0. The second-order valence-electron chi connectivity index (χ2n) is 5.32. The fourth-order valence-electron chi connectivity index (χ4n) is 2.16. The molecule has 1 aliphatic rings. The summed E-state index contributed by atoms with van der Waals surface area (Å²) < 4.78 is 1.75. The fourth-order valence-corrected chi connectivity index (χ4v) is 2.16. The molecule has 0 bridgehead atoms. The normalized spacial score (nSPS) is 15.1. The molecule has 5 heteroatoms. The summed E-state index contributed by atoms with van der Waals surface area (Å²) in [6, 6.07) is 0.462. The Morgan fingerprint density at radius 2 is 2.28 bits per heavy atom. The predicted molar refractivity (Wildman–Crippen MR) is 72.8 cm³/mol. The lowest BCUT2D eigenvalue weighted by molar-refractivity contribution is 0.507. The lowest BCUT2D eigenvalue weighted by Crippen LogP contribution is -2.38. The maximum absolute atomic E-state index is 12.4. The zero-order valence-corrected chi connectivity index (χ0v) is 11.2. The van der Waals surface area contributed by atoms with Crippen LogP contribution in [0, 0.1) is 5.92 Å². The van der Waals surface area contributed by atoms with Crippen LogP contribution in [0.1, 0.15) is 26.7 Å². The summed E-state index contributed by atoms with van der Waals surface area (Å²) in [5.41, 5.74) is 5.63. The lowest BCUT2D eigenvalue weighted by Gasteiger charge is -2.22. The van der Waals surface area contributed by atoms with Gasteiger partial charge in [0.05, 0.1) is 0 Å². The maximum atomic E-state index is 12.4. The van der Waals surface area contributed by atoms with E-state index >= 15 is 0 Å². The van der Waals surface area contributed by atoms with Crippen molar-refractivity contribution in [3.8, 4) is 0 Å². The monoisotopic (exact) mass is 250 g/mol. The summed E-state index contributed by atoms with van der Waals surface area (Å²) in [7, 11) is 0. The van der Waals surface area contributed by atoms with Gasteiger partial charge >= 0.3 is 0 Å². The summed E-state index contributed by atoms with van der Waals surface area (Å²) in [6.45, 7) is 6.20. The van der Waals surface area contributed by atoms with Crippen LogP contribution >= 0.6 is 0 Å². The summed E-state index contributed by atoms with van der Waals surface area (Å²) >= 11 is 0. The van der Waals surface area contributed by atoms with Gasteiger partial charge in [-0.05, 0) is 18.8 Å². The van der Waals surface area contributed by atoms with Gasteiger partial charge in [0.25, 0.3) is 5.56 Å². The number of aromatic nitrogens is 2. The summed E-state index contributed by atoms with van der Waals surface area (Å²) in [5.74, 6) is 1.01. The van der Waals surface area contributed by atoms with Crippen LogP contribution in [0.25, 0.3) is 0 Å². The van der Waals surface area contributed by atoms with Crippen molar-refractivity contribution in [1.29, 1.82) is 0 Å². The Labute approximate surface area is 108 Å². The van der Waals surface area contributed by atoms with Gasteiger partial charge in [-0.25, -0.2) is 4.98 Å². The minimum atomic E-state index is 0.00606. The minimum Gasteiger partial charge on any atom is -0.348 e. The predicted octanol–water partition coefficient (Wildman–Crippen LogP) is 0.827. The number of nitrogens with zero attached hydrogens (tertiary/aromatic N) is 3. The minimum absolute atomic E-state index is 0.00606. The Kier molecular flexibility index (Phi) is 4.01. The molecule has 1 aromatic heterocycles. The average molecular weight is 250 g/mol. The zero-order chi connectivity index (χ0) is 13.1. The molecular weight excluding hydrogens is 228 g/mol. The van der Waals surface area contributed by atoms with Crippen molar-refractivity contribution in [3.05, 3.63) is 22.7 Å². The van der Waals surface area contributed by atoms with Crippen LogP contribution in [0.15, 0.2) is 17.2 Å². The number of hydrogen-bond donors (Lipinski definition) is 1. The molecule has 1 fully saturated rings. The smallest absolute Gasteiger partial charge is 0.293 e. The fraction of sp³-hybridized carbons (Fsp3) is 0.692. The Hall–Kier alpha value is -1.36. The number of nitrogens with two attached hydrogens (primary N) is 1. The molecule has 5 nitrogen and oxygen atoms in total. The molecule has 0 amide bonds. The molecule has 1 heterocycles. The van der Waals surface area contributed by atoms with Gasteiger partial charge in [0, 0.05) is 38.1 Å². The van der Waals surface area contributed by atoms with Gasteiger partial charge in [-0.1, -0.05) is 13.8 Å². The Balaban J connectivity index is 2.28. The highest BCUT2D eigenvalue weighted by Crippen LogP contribution is 2.28. The molecule has 0 atom stereocenters. The quantitative estimate of drug-likeness (QED) is 0.812. The molecule has 2 N–H and O–H groups in total. The van der Waals surface area contributed by atoms with Crippen molar-refractivity contribution in [2.24, 2.45) is 11.7 Å². The van der Waals surface area contributed by atoms with E-state index in [1.807, 2.05) is 0 Å². The number of anilines is 1. The van der Waals surface area contributed by atoms with Gasteiger partial charge in [0.1, 0.15) is 0 Å². The van der Waals surface area contributed by atoms with Crippen molar-refractivity contribution in [2.45, 2.75) is 39.3 Å². The van der Waals surface area contributed by atoms with Crippen molar-refractivity contribution in [1.82, 2.24) is 9.55 Å². The van der Waals surface area contributed by atoms with E-state index in [0.29, 0.717) is 30.9 Å². The topological polar surface area (TPSA) is 64.2 Å². The zero-order valence-electron chi connectivity index (χ0n) is 11.2. The van der Waals surface area contributed by atoms with E-state index in [2.05, 4.69) is 23.7 Å². The molecule has 100 valence electrons. The van der Waals surface area contributed by atoms with Crippen LogP contribution in [-0.4, -0.2) is 28.7 Å². The Morgan fingerprint density at radius 1 is 1.56 bits per heavy atom. The highest BCUT2D eigenvalue weighted by Gasteiger charge is 2.31. The second-order valence-corrected chi connectivity index (χ2v) is 5.32. The first-order valence-corrected chi connectivity index (χ1v) is 6.65. The SMILES string of the molecule is CC(C)Cn1ccnc(N(CCN)C2CC2)c1=O. The first-order valence-electron chi connectivity index (χ1n) is 6.65. The molecule has 2 rings (SSSR count). The van der Waals surface area contributed by atoms with E-state index in [1.165, 1.54) is 0 Å². The molecule has 1 aliphatic carbocycles. The van der Waals surface area contributed by atoms with Crippen LogP contribution < -0.4 is 16.2 Å². The van der Waals surface area contributed by atoms with Gasteiger partial charge in [0.2, 0.25) is 0 Å². The summed E-state index contributed by atoms with van der Waals surface area (Å²) in [4.78, 5) is 18.7. The standard InChI is InChI=1S/C13H22N4O/c1-10(2)9-16-8-6-15-12(13(16)18)17(7-5-14)11-3-4-11/h6,8,10-11H,3-5,7,9,14H2,1-2H3. The van der Waals surface area contributed by atoms with E-state index in [9.17, 15) is 4.79 Å². The third kappa shape index (κ3) is 2.90. The van der Waals surface area contributed by atoms with Crippen LogP contribution in [0.2, 0.25) is 0 Å². The molecule has 1 saturated carbocycles. The van der Waals surface area contributed by atoms with Crippen LogP contribution in [0.4, 0.5) is 5.82 Å². The third-order valence-electron chi connectivity index (χ3n) is 3.09. The van der Waals surface area contributed by atoms with Crippen molar-refractivity contribution < 1.29 is 0 Å².